The largest absolute Gasteiger partial charge is 0.441 e. The molecule has 0 atom stereocenters. The van der Waals surface area contributed by atoms with Gasteiger partial charge in [0, 0.05) is 10.6 Å². The Kier molecular flexibility index (Phi) is 6.31. The Morgan fingerprint density at radius 1 is 1.10 bits per heavy atom. The second-order valence-electron chi connectivity index (χ2n) is 6.59. The summed E-state index contributed by atoms with van der Waals surface area (Å²) in [5, 5.41) is 3.09. The molecule has 0 aliphatic carbocycles. The van der Waals surface area contributed by atoms with Crippen LogP contribution in [0.4, 0.5) is 5.69 Å². The molecular weight excluding hydrogens is 435 g/mol. The van der Waals surface area contributed by atoms with Crippen LogP contribution in [-0.4, -0.2) is 25.1 Å². The van der Waals surface area contributed by atoms with Gasteiger partial charge >= 0.3 is 0 Å². The fraction of sp³-hybridized carbons (Fsp3) is 0.200. The van der Waals surface area contributed by atoms with Crippen molar-refractivity contribution < 1.29 is 17.6 Å². The molecule has 2 aromatic carbocycles. The van der Waals surface area contributed by atoms with Crippen LogP contribution >= 0.6 is 23.2 Å². The SMILES string of the molecule is Cc1ccc(-c2nc(CS(=O)(=O)CC(=O)Nc3cc(Cl)ccc3Cl)c(C)o2)cc1. The lowest BCUT2D eigenvalue weighted by atomic mass is 10.1. The normalized spacial score (nSPS) is 11.4. The van der Waals surface area contributed by atoms with Crippen molar-refractivity contribution in [2.24, 2.45) is 0 Å². The van der Waals surface area contributed by atoms with Gasteiger partial charge in [0.25, 0.3) is 0 Å². The van der Waals surface area contributed by atoms with E-state index in [1.807, 2.05) is 31.2 Å². The third kappa shape index (κ3) is 5.59. The number of anilines is 1. The molecule has 3 aromatic rings. The second kappa shape index (κ2) is 8.57. The van der Waals surface area contributed by atoms with Crippen molar-refractivity contribution in [1.82, 2.24) is 4.98 Å². The van der Waals surface area contributed by atoms with Crippen LogP contribution in [0.5, 0.6) is 0 Å². The zero-order chi connectivity index (χ0) is 21.2. The summed E-state index contributed by atoms with van der Waals surface area (Å²) in [6, 6.07) is 12.0. The molecule has 1 N–H and O–H groups in total. The Hall–Kier alpha value is -2.35. The topological polar surface area (TPSA) is 89.3 Å². The average molecular weight is 453 g/mol. The van der Waals surface area contributed by atoms with Crippen molar-refractivity contribution in [3.05, 3.63) is 69.5 Å². The quantitative estimate of drug-likeness (QED) is 0.578. The highest BCUT2D eigenvalue weighted by Crippen LogP contribution is 2.26. The lowest BCUT2D eigenvalue weighted by Gasteiger charge is -2.08. The highest BCUT2D eigenvalue weighted by atomic mass is 35.5. The molecule has 0 saturated heterocycles. The summed E-state index contributed by atoms with van der Waals surface area (Å²) >= 11 is 11.9. The summed E-state index contributed by atoms with van der Waals surface area (Å²) in [6.07, 6.45) is 0. The summed E-state index contributed by atoms with van der Waals surface area (Å²) in [6.45, 7) is 3.60. The molecular formula is C20H18Cl2N2O4S. The molecule has 0 spiro atoms. The molecule has 1 amide bonds. The van der Waals surface area contributed by atoms with Crippen LogP contribution in [0.15, 0.2) is 46.9 Å². The number of oxazole rings is 1. The van der Waals surface area contributed by atoms with E-state index in [4.69, 9.17) is 27.6 Å². The number of nitrogens with one attached hydrogen (secondary N) is 1. The summed E-state index contributed by atoms with van der Waals surface area (Å²) in [7, 11) is -3.79. The van der Waals surface area contributed by atoms with Gasteiger partial charge in [-0.05, 0) is 44.2 Å². The fourth-order valence-electron chi connectivity index (χ4n) is 2.62. The predicted octanol–water partition coefficient (Wildman–Crippen LogP) is 4.82. The van der Waals surface area contributed by atoms with E-state index in [0.29, 0.717) is 16.7 Å². The number of carbonyl (C=O) groups is 1. The van der Waals surface area contributed by atoms with Crippen LogP contribution in [0.2, 0.25) is 10.0 Å². The first kappa shape index (κ1) is 21.4. The maximum atomic E-state index is 12.5. The average Bonchev–Trinajstić information content (AvgIpc) is 2.98. The molecule has 0 radical (unpaired) electrons. The second-order valence-corrected chi connectivity index (χ2v) is 9.50. The minimum Gasteiger partial charge on any atom is -0.441 e. The highest BCUT2D eigenvalue weighted by molar-refractivity contribution is 7.91. The summed E-state index contributed by atoms with van der Waals surface area (Å²) in [5.41, 5.74) is 2.36. The molecule has 0 bridgehead atoms. The van der Waals surface area contributed by atoms with Crippen molar-refractivity contribution in [2.75, 3.05) is 11.1 Å². The van der Waals surface area contributed by atoms with E-state index in [1.54, 1.807) is 13.0 Å². The smallest absolute Gasteiger partial charge is 0.239 e. The van der Waals surface area contributed by atoms with Gasteiger partial charge in [-0.15, -0.1) is 0 Å². The van der Waals surface area contributed by atoms with Gasteiger partial charge in [-0.2, -0.15) is 0 Å². The van der Waals surface area contributed by atoms with Crippen LogP contribution in [0, 0.1) is 13.8 Å². The van der Waals surface area contributed by atoms with E-state index in [2.05, 4.69) is 10.3 Å². The maximum Gasteiger partial charge on any atom is 0.239 e. The van der Waals surface area contributed by atoms with Gasteiger partial charge < -0.3 is 9.73 Å². The molecule has 9 heteroatoms. The van der Waals surface area contributed by atoms with Crippen LogP contribution in [-0.2, 0) is 20.4 Å². The first-order chi connectivity index (χ1) is 13.6. The molecule has 0 aliphatic heterocycles. The number of aryl methyl sites for hydroxylation is 2. The minimum absolute atomic E-state index is 0.249. The number of halogens is 2. The molecule has 1 aromatic heterocycles. The van der Waals surface area contributed by atoms with Crippen LogP contribution in [0.25, 0.3) is 11.5 Å². The van der Waals surface area contributed by atoms with Gasteiger partial charge in [0.05, 0.1) is 22.2 Å². The van der Waals surface area contributed by atoms with E-state index in [-0.39, 0.29) is 16.4 Å². The van der Waals surface area contributed by atoms with Gasteiger partial charge in [-0.25, -0.2) is 13.4 Å². The van der Waals surface area contributed by atoms with Gasteiger partial charge in [0.15, 0.2) is 9.84 Å². The monoisotopic (exact) mass is 452 g/mol. The molecule has 1 heterocycles. The van der Waals surface area contributed by atoms with Crippen molar-refractivity contribution in [1.29, 1.82) is 0 Å². The summed E-state index contributed by atoms with van der Waals surface area (Å²) in [5.74, 6) is -1.12. The molecule has 0 fully saturated rings. The zero-order valence-corrected chi connectivity index (χ0v) is 18.0. The Morgan fingerprint density at radius 2 is 1.79 bits per heavy atom. The maximum absolute atomic E-state index is 12.5. The standard InChI is InChI=1S/C20H18Cl2N2O4S/c1-12-3-5-14(6-4-12)20-24-18(13(2)28-20)10-29(26,27)11-19(25)23-17-9-15(21)7-8-16(17)22/h3-9H,10-11H2,1-2H3,(H,23,25). The van der Waals surface area contributed by atoms with Gasteiger partial charge in [-0.1, -0.05) is 40.9 Å². The lowest BCUT2D eigenvalue weighted by molar-refractivity contribution is -0.113. The predicted molar refractivity (Wildman–Crippen MR) is 114 cm³/mol. The molecule has 0 unspecified atom stereocenters. The Morgan fingerprint density at radius 3 is 2.48 bits per heavy atom. The Labute approximate surface area is 178 Å². The first-order valence-corrected chi connectivity index (χ1v) is 11.2. The summed E-state index contributed by atoms with van der Waals surface area (Å²) < 4.78 is 30.6. The Bertz CT molecular complexity index is 1160. The summed E-state index contributed by atoms with van der Waals surface area (Å²) in [4.78, 5) is 16.5. The van der Waals surface area contributed by atoms with E-state index >= 15 is 0 Å². The number of sulfone groups is 1. The van der Waals surface area contributed by atoms with Gasteiger partial charge in [0.1, 0.15) is 11.5 Å². The number of rotatable bonds is 6. The molecule has 152 valence electrons. The van der Waals surface area contributed by atoms with Crippen LogP contribution in [0.1, 0.15) is 17.0 Å². The molecule has 6 nitrogen and oxygen atoms in total. The van der Waals surface area contributed by atoms with Crippen molar-refractivity contribution in [2.45, 2.75) is 19.6 Å². The number of nitrogens with zero attached hydrogens (tertiary/aromatic N) is 1. The van der Waals surface area contributed by atoms with E-state index < -0.39 is 27.3 Å². The van der Waals surface area contributed by atoms with Gasteiger partial charge in [0.2, 0.25) is 11.8 Å². The van der Waals surface area contributed by atoms with E-state index in [9.17, 15) is 13.2 Å². The van der Waals surface area contributed by atoms with E-state index in [1.165, 1.54) is 12.1 Å². The van der Waals surface area contributed by atoms with E-state index in [0.717, 1.165) is 11.1 Å². The highest BCUT2D eigenvalue weighted by Gasteiger charge is 2.22. The Balaban J connectivity index is 1.71. The zero-order valence-electron chi connectivity index (χ0n) is 15.7. The molecule has 29 heavy (non-hydrogen) atoms. The van der Waals surface area contributed by atoms with Crippen LogP contribution < -0.4 is 5.32 Å². The molecule has 0 saturated carbocycles. The minimum atomic E-state index is -3.79. The molecule has 0 aliphatic rings. The van der Waals surface area contributed by atoms with Gasteiger partial charge in [-0.3, -0.25) is 4.79 Å². The van der Waals surface area contributed by atoms with Crippen molar-refractivity contribution in [3.8, 4) is 11.5 Å². The number of aromatic nitrogens is 1. The van der Waals surface area contributed by atoms with Crippen molar-refractivity contribution >= 4 is 44.6 Å². The number of carbonyl (C=O) groups excluding carboxylic acids is 1. The third-order valence-electron chi connectivity index (χ3n) is 4.10. The first-order valence-electron chi connectivity index (χ1n) is 8.61. The fourth-order valence-corrected chi connectivity index (χ4v) is 4.22. The van der Waals surface area contributed by atoms with Crippen molar-refractivity contribution in [3.63, 3.8) is 0 Å². The number of hydrogen-bond acceptors (Lipinski definition) is 5. The lowest BCUT2D eigenvalue weighted by Crippen LogP contribution is -2.24. The van der Waals surface area contributed by atoms with Crippen LogP contribution in [0.3, 0.4) is 0 Å². The number of amides is 1. The number of hydrogen-bond donors (Lipinski definition) is 1. The number of benzene rings is 2. The molecule has 3 rings (SSSR count). The third-order valence-corrected chi connectivity index (χ3v) is 6.08.